The summed E-state index contributed by atoms with van der Waals surface area (Å²) in [5.41, 5.74) is 6.00. The summed E-state index contributed by atoms with van der Waals surface area (Å²) < 4.78 is 6.45. The third-order valence-corrected chi connectivity index (χ3v) is 6.28. The van der Waals surface area contributed by atoms with E-state index in [0.717, 1.165) is 19.6 Å². The van der Waals surface area contributed by atoms with Gasteiger partial charge in [0.05, 0.1) is 6.61 Å². The summed E-state index contributed by atoms with van der Waals surface area (Å²) in [4.78, 5) is 4.57. The van der Waals surface area contributed by atoms with Gasteiger partial charge in [0, 0.05) is 37.4 Å². The fourth-order valence-electron chi connectivity index (χ4n) is 4.52. The summed E-state index contributed by atoms with van der Waals surface area (Å²) in [6.45, 7) is 8.55. The lowest BCUT2D eigenvalue weighted by molar-refractivity contribution is 0.000325. The summed E-state index contributed by atoms with van der Waals surface area (Å²) in [7, 11) is 4.13. The summed E-state index contributed by atoms with van der Waals surface area (Å²) in [5.74, 6) is 0. The molecule has 0 radical (unpaired) electrons. The summed E-state index contributed by atoms with van der Waals surface area (Å²) in [6.07, 6.45) is 5.55. The van der Waals surface area contributed by atoms with E-state index in [1.165, 1.54) is 28.1 Å². The molecular weight excluding hydrogens is 332 g/mol. The number of fused-ring (bicyclic) bond motifs is 3. The molecule has 0 amide bonds. The Balaban J connectivity index is 1.72. The molecule has 27 heavy (non-hydrogen) atoms. The Morgan fingerprint density at radius 2 is 1.85 bits per heavy atom. The monoisotopic (exact) mass is 362 g/mol. The first-order chi connectivity index (χ1) is 12.9. The highest BCUT2D eigenvalue weighted by Gasteiger charge is 2.59. The third-order valence-electron chi connectivity index (χ3n) is 6.28. The quantitative estimate of drug-likeness (QED) is 0.773. The van der Waals surface area contributed by atoms with Crippen LogP contribution >= 0.6 is 0 Å². The number of aryl methyl sites for hydroxylation is 1. The molecule has 2 aromatic rings. The van der Waals surface area contributed by atoms with Crippen LogP contribution in [0.3, 0.4) is 0 Å². The molecule has 3 heteroatoms. The molecule has 2 aromatic carbocycles. The lowest BCUT2D eigenvalue weighted by Crippen LogP contribution is -2.51. The van der Waals surface area contributed by atoms with Crippen molar-refractivity contribution in [1.82, 2.24) is 0 Å². The Labute approximate surface area is 163 Å². The molecule has 0 bridgehead atoms. The maximum absolute atomic E-state index is 6.45. The van der Waals surface area contributed by atoms with Crippen molar-refractivity contribution in [3.05, 3.63) is 65.2 Å². The minimum Gasteiger partial charge on any atom is -0.378 e. The van der Waals surface area contributed by atoms with Crippen molar-refractivity contribution in [2.24, 2.45) is 0 Å². The largest absolute Gasteiger partial charge is 0.378 e. The van der Waals surface area contributed by atoms with E-state index >= 15 is 0 Å². The Morgan fingerprint density at radius 3 is 2.52 bits per heavy atom. The SMILES string of the molecule is CCc1ccc2c(c1)C(C)(C)C1(C=Cc3ccc(N(C)C)cc3)OCCN21. The van der Waals surface area contributed by atoms with Crippen LogP contribution in [0.5, 0.6) is 0 Å². The topological polar surface area (TPSA) is 15.7 Å². The van der Waals surface area contributed by atoms with Gasteiger partial charge in [-0.05, 0) is 47.4 Å². The highest BCUT2D eigenvalue weighted by Crippen LogP contribution is 2.55. The molecule has 0 aliphatic carbocycles. The standard InChI is InChI=1S/C24H30N2O/c1-6-18-9-12-22-21(17-18)23(2,3)24(26(22)15-16-27-24)14-13-19-7-10-20(11-8-19)25(4)5/h7-14,17H,6,15-16H2,1-5H3. The fraction of sp³-hybridized carbons (Fsp3) is 0.417. The molecule has 3 nitrogen and oxygen atoms in total. The maximum Gasteiger partial charge on any atom is 0.170 e. The first-order valence-electron chi connectivity index (χ1n) is 9.91. The van der Waals surface area contributed by atoms with Crippen LogP contribution in [0.15, 0.2) is 48.5 Å². The molecule has 2 aliphatic heterocycles. The van der Waals surface area contributed by atoms with E-state index in [1.807, 2.05) is 0 Å². The minimum absolute atomic E-state index is 0.107. The van der Waals surface area contributed by atoms with Gasteiger partial charge in [-0.15, -0.1) is 0 Å². The molecule has 0 saturated carbocycles. The van der Waals surface area contributed by atoms with Crippen molar-refractivity contribution in [3.63, 3.8) is 0 Å². The zero-order chi connectivity index (χ0) is 19.2. The average Bonchev–Trinajstić information content (AvgIpc) is 3.17. The molecule has 4 rings (SSSR count). The fourth-order valence-corrected chi connectivity index (χ4v) is 4.52. The van der Waals surface area contributed by atoms with Crippen molar-refractivity contribution in [2.45, 2.75) is 38.3 Å². The van der Waals surface area contributed by atoms with Gasteiger partial charge in [-0.25, -0.2) is 0 Å². The first-order valence-corrected chi connectivity index (χ1v) is 9.91. The predicted octanol–water partition coefficient (Wildman–Crippen LogP) is 4.85. The Bertz CT molecular complexity index is 866. The van der Waals surface area contributed by atoms with Gasteiger partial charge in [0.2, 0.25) is 0 Å². The van der Waals surface area contributed by atoms with Crippen LogP contribution in [-0.4, -0.2) is 33.0 Å². The second-order valence-electron chi connectivity index (χ2n) is 8.35. The Hall–Kier alpha value is -2.26. The lowest BCUT2D eigenvalue weighted by Gasteiger charge is -2.39. The number of hydrogen-bond donors (Lipinski definition) is 0. The Kier molecular flexibility index (Phi) is 4.31. The normalized spacial score (nSPS) is 22.9. The number of nitrogens with zero attached hydrogens (tertiary/aromatic N) is 2. The highest BCUT2D eigenvalue weighted by atomic mass is 16.5. The van der Waals surface area contributed by atoms with E-state index in [0.29, 0.717) is 0 Å². The molecule has 1 atom stereocenters. The van der Waals surface area contributed by atoms with E-state index in [4.69, 9.17) is 4.74 Å². The molecule has 2 heterocycles. The first kappa shape index (κ1) is 18.1. The van der Waals surface area contributed by atoms with E-state index in [1.54, 1.807) is 0 Å². The van der Waals surface area contributed by atoms with Crippen LogP contribution < -0.4 is 9.80 Å². The van der Waals surface area contributed by atoms with Crippen molar-refractivity contribution in [1.29, 1.82) is 0 Å². The lowest BCUT2D eigenvalue weighted by atomic mass is 9.76. The molecule has 0 N–H and O–H groups in total. The van der Waals surface area contributed by atoms with Gasteiger partial charge < -0.3 is 14.5 Å². The van der Waals surface area contributed by atoms with Gasteiger partial charge in [-0.1, -0.05) is 51.1 Å². The van der Waals surface area contributed by atoms with Crippen LogP contribution in [0, 0.1) is 0 Å². The van der Waals surface area contributed by atoms with Gasteiger partial charge in [-0.2, -0.15) is 0 Å². The molecule has 2 aliphatic rings. The number of ether oxygens (including phenoxy) is 1. The predicted molar refractivity (Wildman–Crippen MR) is 115 cm³/mol. The van der Waals surface area contributed by atoms with Gasteiger partial charge in [0.25, 0.3) is 0 Å². The summed E-state index contributed by atoms with van der Waals surface area (Å²) in [6, 6.07) is 15.6. The third kappa shape index (κ3) is 2.68. The molecule has 142 valence electrons. The van der Waals surface area contributed by atoms with E-state index in [9.17, 15) is 0 Å². The average molecular weight is 363 g/mol. The molecule has 0 aromatic heterocycles. The smallest absolute Gasteiger partial charge is 0.170 e. The van der Waals surface area contributed by atoms with Crippen molar-refractivity contribution < 1.29 is 4.74 Å². The molecule has 1 unspecified atom stereocenters. The molecule has 1 fully saturated rings. The van der Waals surface area contributed by atoms with Crippen LogP contribution in [0.4, 0.5) is 11.4 Å². The van der Waals surface area contributed by atoms with Gasteiger partial charge in [0.1, 0.15) is 0 Å². The number of hydrogen-bond acceptors (Lipinski definition) is 3. The second kappa shape index (κ2) is 6.42. The van der Waals surface area contributed by atoms with Gasteiger partial charge in [0.15, 0.2) is 5.72 Å². The number of benzene rings is 2. The van der Waals surface area contributed by atoms with Gasteiger partial charge >= 0.3 is 0 Å². The maximum atomic E-state index is 6.45. The molecule has 1 saturated heterocycles. The molecule has 0 spiro atoms. The number of rotatable bonds is 4. The second-order valence-corrected chi connectivity index (χ2v) is 8.35. The zero-order valence-corrected chi connectivity index (χ0v) is 17.1. The van der Waals surface area contributed by atoms with Crippen LogP contribution in [0.25, 0.3) is 6.08 Å². The zero-order valence-electron chi connectivity index (χ0n) is 17.1. The van der Waals surface area contributed by atoms with Crippen LogP contribution in [0.2, 0.25) is 0 Å². The number of anilines is 2. The van der Waals surface area contributed by atoms with Crippen molar-refractivity contribution >= 4 is 17.5 Å². The van der Waals surface area contributed by atoms with Crippen LogP contribution in [-0.2, 0) is 16.6 Å². The molecular formula is C24H30N2O. The highest BCUT2D eigenvalue weighted by molar-refractivity contribution is 5.70. The Morgan fingerprint density at radius 1 is 1.11 bits per heavy atom. The van der Waals surface area contributed by atoms with Crippen molar-refractivity contribution in [2.75, 3.05) is 37.0 Å². The van der Waals surface area contributed by atoms with Crippen molar-refractivity contribution in [3.8, 4) is 0 Å². The van der Waals surface area contributed by atoms with Gasteiger partial charge in [-0.3, -0.25) is 0 Å². The summed E-state index contributed by atoms with van der Waals surface area (Å²) in [5, 5.41) is 0. The van der Waals surface area contributed by atoms with E-state index in [2.05, 4.69) is 99.3 Å². The van der Waals surface area contributed by atoms with Crippen LogP contribution in [0.1, 0.15) is 37.5 Å². The summed E-state index contributed by atoms with van der Waals surface area (Å²) >= 11 is 0. The minimum atomic E-state index is -0.415. The van der Waals surface area contributed by atoms with E-state index < -0.39 is 5.72 Å². The van der Waals surface area contributed by atoms with E-state index in [-0.39, 0.29) is 5.41 Å².